The van der Waals surface area contributed by atoms with E-state index < -0.39 is 29.8 Å². The van der Waals surface area contributed by atoms with Gasteiger partial charge < -0.3 is 15.4 Å². The number of hydrogen-bond acceptors (Lipinski definition) is 7. The second kappa shape index (κ2) is 10.2. The van der Waals surface area contributed by atoms with Crippen molar-refractivity contribution < 1.29 is 27.1 Å². The summed E-state index contributed by atoms with van der Waals surface area (Å²) in [5.41, 5.74) is 0.133. The minimum absolute atomic E-state index is 0.0771. The number of aromatic nitrogens is 3. The second-order valence-electron chi connectivity index (χ2n) is 8.21. The molecule has 1 amide bonds. The highest BCUT2D eigenvalue weighted by Crippen LogP contribution is 2.34. The van der Waals surface area contributed by atoms with Gasteiger partial charge in [-0.25, -0.2) is 19.3 Å². The zero-order chi connectivity index (χ0) is 25.2. The topological polar surface area (TPSA) is 89.0 Å². The Balaban J connectivity index is 1.61. The van der Waals surface area contributed by atoms with Crippen LogP contribution < -0.4 is 15.4 Å². The Morgan fingerprint density at radius 3 is 2.46 bits per heavy atom. The SMILES string of the molecule is Cc1cnc(-c2cc(OC3CCNCC3)cc(C(=O)N[C@H](C)c3cnc(C(F)(F)F)nc3)c2F)s1. The molecule has 2 aromatic heterocycles. The van der Waals surface area contributed by atoms with Crippen LogP contribution in [0.5, 0.6) is 5.75 Å². The maximum absolute atomic E-state index is 15.5. The van der Waals surface area contributed by atoms with Crippen molar-refractivity contribution in [3.05, 3.63) is 58.4 Å². The summed E-state index contributed by atoms with van der Waals surface area (Å²) in [4.78, 5) is 24.8. The highest BCUT2D eigenvalue weighted by atomic mass is 32.1. The fraction of sp³-hybridized carbons (Fsp3) is 0.391. The number of ether oxygens (including phenoxy) is 1. The smallest absolute Gasteiger partial charge is 0.451 e. The van der Waals surface area contributed by atoms with E-state index in [1.807, 2.05) is 6.92 Å². The van der Waals surface area contributed by atoms with Crippen molar-refractivity contribution in [2.45, 2.75) is 45.0 Å². The normalized spacial score (nSPS) is 15.6. The van der Waals surface area contributed by atoms with E-state index in [1.54, 1.807) is 19.2 Å². The van der Waals surface area contributed by atoms with E-state index in [0.717, 1.165) is 43.2 Å². The first-order valence-electron chi connectivity index (χ1n) is 11.0. The van der Waals surface area contributed by atoms with E-state index in [1.165, 1.54) is 17.4 Å². The number of piperidine rings is 1. The molecule has 0 bridgehead atoms. The summed E-state index contributed by atoms with van der Waals surface area (Å²) in [7, 11) is 0. The molecule has 3 heterocycles. The van der Waals surface area contributed by atoms with Crippen LogP contribution in [0.2, 0.25) is 0 Å². The van der Waals surface area contributed by atoms with Crippen LogP contribution in [0.15, 0.2) is 30.7 Å². The van der Waals surface area contributed by atoms with Gasteiger partial charge in [0.1, 0.15) is 22.7 Å². The van der Waals surface area contributed by atoms with Gasteiger partial charge in [-0.15, -0.1) is 11.3 Å². The van der Waals surface area contributed by atoms with Gasteiger partial charge in [0.2, 0.25) is 5.82 Å². The van der Waals surface area contributed by atoms with Crippen LogP contribution in [-0.4, -0.2) is 40.1 Å². The van der Waals surface area contributed by atoms with Gasteiger partial charge in [0.25, 0.3) is 5.91 Å². The molecule has 186 valence electrons. The van der Waals surface area contributed by atoms with Gasteiger partial charge in [-0.2, -0.15) is 13.2 Å². The minimum atomic E-state index is -4.67. The molecule has 2 N–H and O–H groups in total. The van der Waals surface area contributed by atoms with E-state index in [4.69, 9.17) is 4.74 Å². The maximum atomic E-state index is 15.5. The monoisotopic (exact) mass is 509 g/mol. The number of carbonyl (C=O) groups is 1. The lowest BCUT2D eigenvalue weighted by Gasteiger charge is -2.24. The molecule has 0 saturated carbocycles. The number of nitrogens with zero attached hydrogens (tertiary/aromatic N) is 3. The lowest BCUT2D eigenvalue weighted by molar-refractivity contribution is -0.145. The molecule has 7 nitrogen and oxygen atoms in total. The fourth-order valence-electron chi connectivity index (χ4n) is 3.64. The van der Waals surface area contributed by atoms with Crippen LogP contribution >= 0.6 is 11.3 Å². The number of amides is 1. The zero-order valence-electron chi connectivity index (χ0n) is 18.9. The van der Waals surface area contributed by atoms with E-state index in [-0.39, 0.29) is 22.8 Å². The molecule has 0 radical (unpaired) electrons. The molecular formula is C23H23F4N5O2S. The number of benzene rings is 1. The lowest BCUT2D eigenvalue weighted by atomic mass is 10.1. The molecule has 0 spiro atoms. The van der Waals surface area contributed by atoms with Crippen molar-refractivity contribution in [1.29, 1.82) is 0 Å². The van der Waals surface area contributed by atoms with Crippen LogP contribution in [-0.2, 0) is 6.18 Å². The van der Waals surface area contributed by atoms with Gasteiger partial charge in [-0.3, -0.25) is 4.79 Å². The van der Waals surface area contributed by atoms with E-state index in [2.05, 4.69) is 25.6 Å². The van der Waals surface area contributed by atoms with Crippen LogP contribution in [0, 0.1) is 12.7 Å². The molecule has 1 aromatic carbocycles. The average Bonchev–Trinajstić information content (AvgIpc) is 3.26. The fourth-order valence-corrected chi connectivity index (χ4v) is 4.41. The van der Waals surface area contributed by atoms with Crippen LogP contribution in [0.25, 0.3) is 10.6 Å². The van der Waals surface area contributed by atoms with Crippen molar-refractivity contribution in [2.24, 2.45) is 0 Å². The zero-order valence-corrected chi connectivity index (χ0v) is 19.8. The molecule has 3 aromatic rings. The number of nitrogens with one attached hydrogen (secondary N) is 2. The van der Waals surface area contributed by atoms with Gasteiger partial charge in [-0.05, 0) is 51.9 Å². The number of thiazole rings is 1. The maximum Gasteiger partial charge on any atom is 0.451 e. The molecule has 1 atom stereocenters. The highest BCUT2D eigenvalue weighted by Gasteiger charge is 2.34. The van der Waals surface area contributed by atoms with Crippen molar-refractivity contribution in [3.63, 3.8) is 0 Å². The minimum Gasteiger partial charge on any atom is -0.490 e. The van der Waals surface area contributed by atoms with Gasteiger partial charge >= 0.3 is 6.18 Å². The number of alkyl halides is 3. The van der Waals surface area contributed by atoms with Gasteiger partial charge in [0.05, 0.1) is 17.2 Å². The molecule has 0 aliphatic carbocycles. The number of hydrogen-bond donors (Lipinski definition) is 2. The lowest BCUT2D eigenvalue weighted by Crippen LogP contribution is -2.34. The Morgan fingerprint density at radius 1 is 1.17 bits per heavy atom. The molecule has 35 heavy (non-hydrogen) atoms. The predicted molar refractivity (Wildman–Crippen MR) is 122 cm³/mol. The molecule has 12 heteroatoms. The molecule has 1 aliphatic heterocycles. The van der Waals surface area contributed by atoms with Crippen molar-refractivity contribution in [2.75, 3.05) is 13.1 Å². The predicted octanol–water partition coefficient (Wildman–Crippen LogP) is 4.69. The van der Waals surface area contributed by atoms with Gasteiger partial charge in [-0.1, -0.05) is 0 Å². The third-order valence-electron chi connectivity index (χ3n) is 5.50. The highest BCUT2D eigenvalue weighted by molar-refractivity contribution is 7.14. The Kier molecular flexibility index (Phi) is 7.31. The largest absolute Gasteiger partial charge is 0.490 e. The first kappa shape index (κ1) is 25.0. The summed E-state index contributed by atoms with van der Waals surface area (Å²) >= 11 is 1.29. The summed E-state index contributed by atoms with van der Waals surface area (Å²) in [6.45, 7) is 4.98. The average molecular weight is 510 g/mol. The van der Waals surface area contributed by atoms with Crippen molar-refractivity contribution in [1.82, 2.24) is 25.6 Å². The molecule has 1 fully saturated rings. The summed E-state index contributed by atoms with van der Waals surface area (Å²) in [5, 5.41) is 6.26. The quantitative estimate of drug-likeness (QED) is 0.469. The molecule has 1 aliphatic rings. The van der Waals surface area contributed by atoms with E-state index in [9.17, 15) is 18.0 Å². The van der Waals surface area contributed by atoms with Gasteiger partial charge in [0, 0.05) is 29.0 Å². The summed E-state index contributed by atoms with van der Waals surface area (Å²) in [6.07, 6.45) is 0.381. The van der Waals surface area contributed by atoms with Crippen molar-refractivity contribution >= 4 is 17.2 Å². The summed E-state index contributed by atoms with van der Waals surface area (Å²) in [5.74, 6) is -2.45. The number of aryl methyl sites for hydroxylation is 1. The molecular weight excluding hydrogens is 486 g/mol. The first-order valence-corrected chi connectivity index (χ1v) is 11.8. The molecule has 1 saturated heterocycles. The molecule has 4 rings (SSSR count). The third-order valence-corrected chi connectivity index (χ3v) is 6.45. The Hall–Kier alpha value is -3.12. The van der Waals surface area contributed by atoms with Crippen LogP contribution in [0.1, 0.15) is 52.4 Å². The number of carbonyl (C=O) groups excluding carboxylic acids is 1. The Bertz CT molecular complexity index is 1190. The Labute approximate surface area is 203 Å². The second-order valence-corrected chi connectivity index (χ2v) is 9.44. The number of rotatable bonds is 6. The summed E-state index contributed by atoms with van der Waals surface area (Å²) < 4.78 is 59.7. The van der Waals surface area contributed by atoms with Crippen LogP contribution in [0.4, 0.5) is 17.6 Å². The van der Waals surface area contributed by atoms with E-state index >= 15 is 4.39 Å². The standard InChI is InChI=1S/C23H23F4N5O2S/c1-12-9-29-21(35-12)18-8-16(34-15-3-5-28-6-4-15)7-17(19(18)24)20(33)32-13(2)14-10-30-22(31-11-14)23(25,26)27/h7-11,13,15,28H,3-6H2,1-2H3,(H,32,33)/t13-/m1/s1. The van der Waals surface area contributed by atoms with Gasteiger partial charge in [0.15, 0.2) is 0 Å². The van der Waals surface area contributed by atoms with Crippen LogP contribution in [0.3, 0.4) is 0 Å². The van der Waals surface area contributed by atoms with Crippen molar-refractivity contribution in [3.8, 4) is 16.3 Å². The van der Waals surface area contributed by atoms with E-state index in [0.29, 0.717) is 10.8 Å². The Morgan fingerprint density at radius 2 is 1.86 bits per heavy atom. The number of halogens is 4. The summed E-state index contributed by atoms with van der Waals surface area (Å²) in [6, 6.07) is 2.11. The third kappa shape index (κ3) is 5.93. The molecule has 0 unspecified atom stereocenters. The first-order chi connectivity index (χ1) is 16.6.